The fourth-order valence-electron chi connectivity index (χ4n) is 1.68. The average molecular weight is 304 g/mol. The van der Waals surface area contributed by atoms with Crippen LogP contribution in [-0.2, 0) is 6.54 Å². The van der Waals surface area contributed by atoms with Crippen molar-refractivity contribution in [1.82, 2.24) is 10.5 Å². The highest BCUT2D eigenvalue weighted by molar-refractivity contribution is 7.14. The van der Waals surface area contributed by atoms with E-state index in [2.05, 4.69) is 22.3 Å². The lowest BCUT2D eigenvalue weighted by Crippen LogP contribution is -2.21. The van der Waals surface area contributed by atoms with E-state index in [-0.39, 0.29) is 12.5 Å². The first-order valence-corrected chi connectivity index (χ1v) is 7.32. The van der Waals surface area contributed by atoms with Gasteiger partial charge in [-0.25, -0.2) is 0 Å². The molecule has 1 amide bonds. The number of carbonyl (C=O) groups excluding carboxylic acids is 1. The van der Waals surface area contributed by atoms with E-state index in [4.69, 9.17) is 9.63 Å². The fourth-order valence-corrected chi connectivity index (χ4v) is 2.64. The summed E-state index contributed by atoms with van der Waals surface area (Å²) in [5.74, 6) is 6.39. The SMILES string of the molecule is Cc1cc(CNC(=O)c2cc(C)c(C#CCCO)s2)no1. The van der Waals surface area contributed by atoms with Gasteiger partial charge in [0.15, 0.2) is 0 Å². The van der Waals surface area contributed by atoms with Crippen LogP contribution in [0.3, 0.4) is 0 Å². The summed E-state index contributed by atoms with van der Waals surface area (Å²) in [5.41, 5.74) is 1.66. The minimum Gasteiger partial charge on any atom is -0.395 e. The summed E-state index contributed by atoms with van der Waals surface area (Å²) in [6, 6.07) is 3.60. The Hall–Kier alpha value is -2.10. The van der Waals surface area contributed by atoms with Gasteiger partial charge in [0.05, 0.1) is 22.9 Å². The molecule has 6 heteroatoms. The minimum absolute atomic E-state index is 0.0435. The Bertz CT molecular complexity index is 691. The predicted octanol–water partition coefficient (Wildman–Crippen LogP) is 2.02. The molecular formula is C15H16N2O3S. The van der Waals surface area contributed by atoms with Crippen molar-refractivity contribution in [3.63, 3.8) is 0 Å². The van der Waals surface area contributed by atoms with Crippen LogP contribution in [0.25, 0.3) is 0 Å². The standard InChI is InChI=1S/C15H16N2O3S/c1-10-7-14(21-13(10)5-3-4-6-18)15(19)16-9-12-8-11(2)20-17-12/h7-8,18H,4,6,9H2,1-2H3,(H,16,19). The molecule has 0 aliphatic carbocycles. The molecule has 5 nitrogen and oxygen atoms in total. The highest BCUT2D eigenvalue weighted by atomic mass is 32.1. The Balaban J connectivity index is 2.00. The number of aliphatic hydroxyl groups excluding tert-OH is 1. The van der Waals surface area contributed by atoms with Crippen molar-refractivity contribution in [3.05, 3.63) is 38.9 Å². The first-order chi connectivity index (χ1) is 10.1. The van der Waals surface area contributed by atoms with Crippen LogP contribution in [0.4, 0.5) is 0 Å². The van der Waals surface area contributed by atoms with Gasteiger partial charge in [-0.1, -0.05) is 17.0 Å². The van der Waals surface area contributed by atoms with Crippen molar-refractivity contribution < 1.29 is 14.4 Å². The van der Waals surface area contributed by atoms with Gasteiger partial charge >= 0.3 is 0 Å². The molecule has 21 heavy (non-hydrogen) atoms. The molecular weight excluding hydrogens is 288 g/mol. The first kappa shape index (κ1) is 15.3. The molecule has 0 radical (unpaired) electrons. The second-order valence-corrected chi connectivity index (χ2v) is 5.56. The Morgan fingerprint density at radius 2 is 2.29 bits per heavy atom. The molecule has 2 N–H and O–H groups in total. The number of aromatic nitrogens is 1. The third-order valence-corrected chi connectivity index (χ3v) is 3.84. The van der Waals surface area contributed by atoms with E-state index in [1.54, 1.807) is 13.0 Å². The van der Waals surface area contributed by atoms with Crippen LogP contribution in [0.2, 0.25) is 0 Å². The van der Waals surface area contributed by atoms with Crippen molar-refractivity contribution in [1.29, 1.82) is 0 Å². The molecule has 2 rings (SSSR count). The third kappa shape index (κ3) is 4.18. The zero-order valence-electron chi connectivity index (χ0n) is 11.9. The number of amides is 1. The van der Waals surface area contributed by atoms with Crippen LogP contribution in [0, 0.1) is 25.7 Å². The number of aliphatic hydroxyl groups is 1. The smallest absolute Gasteiger partial charge is 0.261 e. The van der Waals surface area contributed by atoms with Crippen LogP contribution in [-0.4, -0.2) is 22.8 Å². The van der Waals surface area contributed by atoms with Crippen molar-refractivity contribution in [2.24, 2.45) is 0 Å². The summed E-state index contributed by atoms with van der Waals surface area (Å²) in [4.78, 5) is 13.5. The van der Waals surface area contributed by atoms with E-state index in [0.717, 1.165) is 10.4 Å². The van der Waals surface area contributed by atoms with Crippen LogP contribution >= 0.6 is 11.3 Å². The van der Waals surface area contributed by atoms with Gasteiger partial charge in [-0.15, -0.1) is 11.3 Å². The number of hydrogen-bond donors (Lipinski definition) is 2. The van der Waals surface area contributed by atoms with E-state index in [1.165, 1.54) is 11.3 Å². The van der Waals surface area contributed by atoms with Gasteiger partial charge in [0.25, 0.3) is 5.91 Å². The van der Waals surface area contributed by atoms with E-state index in [9.17, 15) is 4.79 Å². The molecule has 0 bridgehead atoms. The molecule has 0 fully saturated rings. The number of carbonyl (C=O) groups is 1. The van der Waals surface area contributed by atoms with Gasteiger partial charge in [0.2, 0.25) is 0 Å². The van der Waals surface area contributed by atoms with Crippen molar-refractivity contribution in [3.8, 4) is 11.8 Å². The summed E-state index contributed by atoms with van der Waals surface area (Å²) < 4.78 is 4.94. The molecule has 2 aromatic heterocycles. The first-order valence-electron chi connectivity index (χ1n) is 6.50. The molecule has 110 valence electrons. The van der Waals surface area contributed by atoms with Gasteiger partial charge in [-0.2, -0.15) is 0 Å². The van der Waals surface area contributed by atoms with Crippen LogP contribution in [0.5, 0.6) is 0 Å². The molecule has 0 aromatic carbocycles. The number of rotatable bonds is 4. The number of hydrogen-bond acceptors (Lipinski definition) is 5. The Morgan fingerprint density at radius 3 is 2.95 bits per heavy atom. The summed E-state index contributed by atoms with van der Waals surface area (Å²) in [6.45, 7) is 4.09. The number of aryl methyl sites for hydroxylation is 2. The highest BCUT2D eigenvalue weighted by Crippen LogP contribution is 2.21. The molecule has 2 aromatic rings. The van der Waals surface area contributed by atoms with Crippen LogP contribution in [0.15, 0.2) is 16.7 Å². The number of thiophene rings is 1. The second-order valence-electron chi connectivity index (χ2n) is 4.51. The molecule has 0 saturated carbocycles. The highest BCUT2D eigenvalue weighted by Gasteiger charge is 2.12. The summed E-state index contributed by atoms with van der Waals surface area (Å²) >= 11 is 1.35. The van der Waals surface area contributed by atoms with Gasteiger partial charge < -0.3 is 14.9 Å². The van der Waals surface area contributed by atoms with E-state index in [1.807, 2.05) is 13.0 Å². The van der Waals surface area contributed by atoms with Crippen molar-refractivity contribution in [2.45, 2.75) is 26.8 Å². The normalized spacial score (nSPS) is 10.0. The topological polar surface area (TPSA) is 75.4 Å². The number of nitrogens with zero attached hydrogens (tertiary/aromatic N) is 1. The molecule has 0 spiro atoms. The third-order valence-electron chi connectivity index (χ3n) is 2.69. The summed E-state index contributed by atoms with van der Waals surface area (Å²) in [6.07, 6.45) is 0.435. The Morgan fingerprint density at radius 1 is 1.48 bits per heavy atom. The molecule has 0 atom stereocenters. The summed E-state index contributed by atoms with van der Waals surface area (Å²) in [7, 11) is 0. The second kappa shape index (κ2) is 7.07. The maximum absolute atomic E-state index is 12.1. The largest absolute Gasteiger partial charge is 0.395 e. The minimum atomic E-state index is -0.154. The predicted molar refractivity (Wildman–Crippen MR) is 80.0 cm³/mol. The van der Waals surface area contributed by atoms with Crippen molar-refractivity contribution >= 4 is 17.2 Å². The molecule has 0 saturated heterocycles. The van der Waals surface area contributed by atoms with Crippen LogP contribution in [0.1, 0.15) is 38.0 Å². The Kier molecular flexibility index (Phi) is 5.14. The van der Waals surface area contributed by atoms with E-state index >= 15 is 0 Å². The number of nitrogens with one attached hydrogen (secondary N) is 1. The van der Waals surface area contributed by atoms with Crippen LogP contribution < -0.4 is 5.32 Å². The monoisotopic (exact) mass is 304 g/mol. The average Bonchev–Trinajstić information content (AvgIpc) is 3.03. The van der Waals surface area contributed by atoms with E-state index < -0.39 is 0 Å². The maximum Gasteiger partial charge on any atom is 0.261 e. The molecule has 0 aliphatic rings. The maximum atomic E-state index is 12.1. The quantitative estimate of drug-likeness (QED) is 0.847. The van der Waals surface area contributed by atoms with Gasteiger partial charge in [0.1, 0.15) is 11.5 Å². The molecule has 0 aliphatic heterocycles. The fraction of sp³-hybridized carbons (Fsp3) is 0.333. The van der Waals surface area contributed by atoms with Gasteiger partial charge in [-0.3, -0.25) is 4.79 Å². The Labute approximate surface area is 127 Å². The lowest BCUT2D eigenvalue weighted by molar-refractivity contribution is 0.0954. The van der Waals surface area contributed by atoms with Gasteiger partial charge in [-0.05, 0) is 25.5 Å². The molecule has 2 heterocycles. The summed E-state index contributed by atoms with van der Waals surface area (Å²) in [5, 5.41) is 15.3. The van der Waals surface area contributed by atoms with Crippen molar-refractivity contribution in [2.75, 3.05) is 6.61 Å². The van der Waals surface area contributed by atoms with E-state index in [0.29, 0.717) is 29.3 Å². The lowest BCUT2D eigenvalue weighted by atomic mass is 10.2. The zero-order chi connectivity index (χ0) is 15.2. The molecule has 0 unspecified atom stereocenters. The lowest BCUT2D eigenvalue weighted by Gasteiger charge is -1.99. The zero-order valence-corrected chi connectivity index (χ0v) is 12.7. The van der Waals surface area contributed by atoms with Gasteiger partial charge in [0, 0.05) is 12.5 Å².